The molecule has 2 fully saturated rings. The van der Waals surface area contributed by atoms with Crippen LogP contribution in [-0.2, 0) is 4.74 Å². The Morgan fingerprint density at radius 3 is 2.72 bits per heavy atom. The maximum absolute atomic E-state index is 12.8. The standard InChI is InChI=1S/C26H32N8O2/c1-15-13-34(14-16(2)36-15)18-7-5-6-17(10-18)30-25-23-20(12-29-33-26(23)35)19(11-27)24(32-25)31-22-9-4-3-8-21(22)28/h5-7,10,12,15-16,21-22H,3-4,8-9,13-14,28H2,1-2H3,(H,33,35)(H2,30,31,32)/t15-,16+,21-,22+/m0/s1. The first-order chi connectivity index (χ1) is 17.4. The minimum atomic E-state index is -0.410. The highest BCUT2D eigenvalue weighted by atomic mass is 16.5. The highest BCUT2D eigenvalue weighted by Crippen LogP contribution is 2.32. The lowest BCUT2D eigenvalue weighted by molar-refractivity contribution is -0.00521. The number of nitrogens with one attached hydrogen (secondary N) is 3. The lowest BCUT2D eigenvalue weighted by Gasteiger charge is -2.37. The third-order valence-electron chi connectivity index (χ3n) is 6.97. The van der Waals surface area contributed by atoms with Crippen LogP contribution in [0.1, 0.15) is 45.1 Å². The topological polar surface area (TPSA) is 145 Å². The molecule has 4 atom stereocenters. The number of nitrogens with zero attached hydrogens (tertiary/aromatic N) is 4. The van der Waals surface area contributed by atoms with Gasteiger partial charge in [0.2, 0.25) is 0 Å². The van der Waals surface area contributed by atoms with Crippen LogP contribution in [0.15, 0.2) is 35.3 Å². The number of aromatic nitrogens is 3. The van der Waals surface area contributed by atoms with Gasteiger partial charge in [0.25, 0.3) is 5.56 Å². The molecular formula is C26H32N8O2. The molecule has 2 aromatic heterocycles. The smallest absolute Gasteiger partial charge is 0.275 e. The number of anilines is 4. The SMILES string of the molecule is C[C@@H]1CN(c2cccc(Nc3nc(N[C@@H]4CCCC[C@@H]4N)c(C#N)c4cn[nH]c(=O)c34)c2)C[C@H](C)O1. The van der Waals surface area contributed by atoms with Crippen LogP contribution in [0.3, 0.4) is 0 Å². The van der Waals surface area contributed by atoms with Crippen molar-refractivity contribution < 1.29 is 4.74 Å². The van der Waals surface area contributed by atoms with Crippen molar-refractivity contribution in [3.05, 3.63) is 46.4 Å². The predicted octanol–water partition coefficient (Wildman–Crippen LogP) is 3.23. The van der Waals surface area contributed by atoms with Crippen molar-refractivity contribution in [2.75, 3.05) is 28.6 Å². The first kappa shape index (κ1) is 24.0. The van der Waals surface area contributed by atoms with Gasteiger partial charge in [-0.15, -0.1) is 0 Å². The van der Waals surface area contributed by atoms with Crippen molar-refractivity contribution in [1.82, 2.24) is 15.2 Å². The molecule has 5 rings (SSSR count). The minimum Gasteiger partial charge on any atom is -0.372 e. The summed E-state index contributed by atoms with van der Waals surface area (Å²) in [5.74, 6) is 0.773. The summed E-state index contributed by atoms with van der Waals surface area (Å²) in [5, 5.41) is 23.9. The number of fused-ring (bicyclic) bond motifs is 1. The predicted molar refractivity (Wildman–Crippen MR) is 141 cm³/mol. The van der Waals surface area contributed by atoms with Gasteiger partial charge >= 0.3 is 0 Å². The summed E-state index contributed by atoms with van der Waals surface area (Å²) < 4.78 is 5.88. The lowest BCUT2D eigenvalue weighted by atomic mass is 9.91. The first-order valence-corrected chi connectivity index (χ1v) is 12.5. The van der Waals surface area contributed by atoms with Crippen LogP contribution in [0.25, 0.3) is 10.8 Å². The Morgan fingerprint density at radius 1 is 1.19 bits per heavy atom. The summed E-state index contributed by atoms with van der Waals surface area (Å²) in [6.45, 7) is 5.75. The van der Waals surface area contributed by atoms with Gasteiger partial charge in [0.1, 0.15) is 23.3 Å². The van der Waals surface area contributed by atoms with Gasteiger partial charge in [-0.25, -0.2) is 10.1 Å². The van der Waals surface area contributed by atoms with E-state index in [0.29, 0.717) is 22.4 Å². The van der Waals surface area contributed by atoms with Crippen molar-refractivity contribution in [2.45, 2.75) is 63.8 Å². The Morgan fingerprint density at radius 2 is 1.97 bits per heavy atom. The fourth-order valence-corrected chi connectivity index (χ4v) is 5.30. The van der Waals surface area contributed by atoms with E-state index in [1.165, 1.54) is 6.20 Å². The zero-order valence-corrected chi connectivity index (χ0v) is 20.6. The maximum atomic E-state index is 12.8. The van der Waals surface area contributed by atoms with E-state index in [0.717, 1.165) is 50.1 Å². The van der Waals surface area contributed by atoms with E-state index < -0.39 is 5.56 Å². The van der Waals surface area contributed by atoms with Gasteiger partial charge in [-0.1, -0.05) is 18.9 Å². The van der Waals surface area contributed by atoms with Crippen LogP contribution >= 0.6 is 0 Å². The summed E-state index contributed by atoms with van der Waals surface area (Å²) in [6.07, 6.45) is 5.77. The number of H-pyrrole nitrogens is 1. The van der Waals surface area contributed by atoms with Crippen LogP contribution < -0.4 is 26.8 Å². The van der Waals surface area contributed by atoms with E-state index in [2.05, 4.69) is 51.7 Å². The van der Waals surface area contributed by atoms with Crippen molar-refractivity contribution in [2.24, 2.45) is 5.73 Å². The molecule has 36 heavy (non-hydrogen) atoms. The van der Waals surface area contributed by atoms with Crippen molar-refractivity contribution in [3.63, 3.8) is 0 Å². The summed E-state index contributed by atoms with van der Waals surface area (Å²) in [5.41, 5.74) is 8.08. The zero-order valence-electron chi connectivity index (χ0n) is 20.6. The maximum Gasteiger partial charge on any atom is 0.275 e. The molecule has 1 saturated heterocycles. The number of nitrogens with two attached hydrogens (primary N) is 1. The molecule has 1 aromatic carbocycles. The second-order valence-electron chi connectivity index (χ2n) is 9.82. The molecule has 1 saturated carbocycles. The van der Waals surface area contributed by atoms with Gasteiger partial charge < -0.3 is 26.0 Å². The van der Waals surface area contributed by atoms with Gasteiger partial charge in [-0.2, -0.15) is 10.4 Å². The van der Waals surface area contributed by atoms with E-state index in [4.69, 9.17) is 15.5 Å². The van der Waals surface area contributed by atoms with Gasteiger partial charge in [0, 0.05) is 41.9 Å². The summed E-state index contributed by atoms with van der Waals surface area (Å²) >= 11 is 0. The second kappa shape index (κ2) is 10.1. The Hall–Kier alpha value is -3.68. The monoisotopic (exact) mass is 488 g/mol. The fraction of sp³-hybridized carbons (Fsp3) is 0.462. The number of rotatable bonds is 5. The fourth-order valence-electron chi connectivity index (χ4n) is 5.30. The van der Waals surface area contributed by atoms with Crippen LogP contribution in [0, 0.1) is 11.3 Å². The molecule has 3 heterocycles. The minimum absolute atomic E-state index is 0.00670. The Bertz CT molecular complexity index is 1340. The number of hydrogen-bond donors (Lipinski definition) is 4. The van der Waals surface area contributed by atoms with Crippen LogP contribution in [0.5, 0.6) is 0 Å². The summed E-state index contributed by atoms with van der Waals surface area (Å²) in [4.78, 5) is 19.9. The summed E-state index contributed by atoms with van der Waals surface area (Å²) in [6, 6.07) is 10.2. The highest BCUT2D eigenvalue weighted by Gasteiger charge is 2.26. The van der Waals surface area contributed by atoms with Gasteiger partial charge in [-0.3, -0.25) is 4.79 Å². The van der Waals surface area contributed by atoms with Crippen molar-refractivity contribution in [3.8, 4) is 6.07 Å². The molecule has 5 N–H and O–H groups in total. The molecule has 0 spiro atoms. The summed E-state index contributed by atoms with van der Waals surface area (Å²) in [7, 11) is 0. The largest absolute Gasteiger partial charge is 0.372 e. The Labute approximate surface area is 209 Å². The molecule has 10 heteroatoms. The molecule has 0 bridgehead atoms. The number of pyridine rings is 1. The van der Waals surface area contributed by atoms with Crippen LogP contribution in [-0.4, -0.2) is 52.6 Å². The number of ether oxygens (including phenoxy) is 1. The van der Waals surface area contributed by atoms with E-state index in [9.17, 15) is 10.1 Å². The van der Waals surface area contributed by atoms with Crippen LogP contribution in [0.4, 0.5) is 23.0 Å². The number of morpholine rings is 1. The molecule has 0 amide bonds. The second-order valence-corrected chi connectivity index (χ2v) is 9.82. The average Bonchev–Trinajstić information content (AvgIpc) is 2.85. The Balaban J connectivity index is 1.53. The molecular weight excluding hydrogens is 456 g/mol. The van der Waals surface area contributed by atoms with E-state index >= 15 is 0 Å². The Kier molecular flexibility index (Phi) is 6.76. The van der Waals surface area contributed by atoms with Gasteiger partial charge in [0.05, 0.1) is 23.8 Å². The van der Waals surface area contributed by atoms with Crippen molar-refractivity contribution >= 4 is 33.8 Å². The van der Waals surface area contributed by atoms with E-state index in [1.54, 1.807) is 0 Å². The molecule has 3 aromatic rings. The molecule has 188 valence electrons. The number of nitriles is 1. The third-order valence-corrected chi connectivity index (χ3v) is 6.97. The molecule has 1 aliphatic heterocycles. The number of aromatic amines is 1. The lowest BCUT2D eigenvalue weighted by Crippen LogP contribution is -2.45. The average molecular weight is 489 g/mol. The zero-order chi connectivity index (χ0) is 25.2. The molecule has 2 aliphatic rings. The van der Waals surface area contributed by atoms with Gasteiger partial charge in [-0.05, 0) is 44.9 Å². The van der Waals surface area contributed by atoms with E-state index in [-0.39, 0.29) is 29.9 Å². The molecule has 0 unspecified atom stereocenters. The highest BCUT2D eigenvalue weighted by molar-refractivity contribution is 5.98. The van der Waals surface area contributed by atoms with E-state index in [1.807, 2.05) is 18.2 Å². The first-order valence-electron chi connectivity index (χ1n) is 12.5. The third kappa shape index (κ3) is 4.85. The molecule has 10 nitrogen and oxygen atoms in total. The van der Waals surface area contributed by atoms with Crippen molar-refractivity contribution in [1.29, 1.82) is 5.26 Å². The molecule has 1 aliphatic carbocycles. The van der Waals surface area contributed by atoms with Crippen LogP contribution in [0.2, 0.25) is 0 Å². The number of hydrogen-bond acceptors (Lipinski definition) is 9. The van der Waals surface area contributed by atoms with Gasteiger partial charge in [0.15, 0.2) is 0 Å². The quantitative estimate of drug-likeness (QED) is 0.425. The normalized spacial score (nSPS) is 24.3. The molecule has 0 radical (unpaired) electrons. The number of benzene rings is 1.